The zero-order chi connectivity index (χ0) is 9.97. The van der Waals surface area contributed by atoms with E-state index in [0.717, 1.165) is 32.0 Å². The van der Waals surface area contributed by atoms with Gasteiger partial charge in [-0.2, -0.15) is 0 Å². The predicted octanol–water partition coefficient (Wildman–Crippen LogP) is -0.344. The van der Waals surface area contributed by atoms with Crippen molar-refractivity contribution in [3.05, 3.63) is 12.1 Å². The number of rotatable bonds is 1. The Bertz CT molecular complexity index is 319. The van der Waals surface area contributed by atoms with Crippen LogP contribution < -0.4 is 21.7 Å². The minimum atomic E-state index is 0.521. The van der Waals surface area contributed by atoms with E-state index in [0.29, 0.717) is 11.5 Å². The van der Waals surface area contributed by atoms with Crippen molar-refractivity contribution in [3.63, 3.8) is 0 Å². The third kappa shape index (κ3) is 1.72. The maximum absolute atomic E-state index is 5.84. The number of nitrogens with one attached hydrogen (secondary N) is 1. The lowest BCUT2D eigenvalue weighted by atomic mass is 10.3. The van der Waals surface area contributed by atoms with Gasteiger partial charge in [-0.15, -0.1) is 0 Å². The van der Waals surface area contributed by atoms with Crippen LogP contribution in [0.1, 0.15) is 0 Å². The van der Waals surface area contributed by atoms with E-state index in [2.05, 4.69) is 15.2 Å². The maximum Gasteiger partial charge on any atom is 0.154 e. The molecule has 0 amide bonds. The van der Waals surface area contributed by atoms with E-state index in [9.17, 15) is 0 Å². The lowest BCUT2D eigenvalue weighted by molar-refractivity contribution is 0.586. The van der Waals surface area contributed by atoms with Gasteiger partial charge >= 0.3 is 0 Å². The van der Waals surface area contributed by atoms with Gasteiger partial charge in [0.25, 0.3) is 0 Å². The molecule has 0 atom stereocenters. The molecule has 5 nitrogen and oxygen atoms in total. The minimum Gasteiger partial charge on any atom is -0.396 e. The Balaban J connectivity index is 2.24. The Morgan fingerprint density at radius 1 is 1.21 bits per heavy atom. The summed E-state index contributed by atoms with van der Waals surface area (Å²) in [5.41, 5.74) is 12.2. The third-order valence-electron chi connectivity index (χ3n) is 2.34. The smallest absolute Gasteiger partial charge is 0.154 e. The number of pyridine rings is 1. The topological polar surface area (TPSA) is 80.2 Å². The minimum absolute atomic E-state index is 0.521. The summed E-state index contributed by atoms with van der Waals surface area (Å²) in [6.45, 7) is 3.80. The molecule has 0 spiro atoms. The van der Waals surface area contributed by atoms with Crippen molar-refractivity contribution in [2.75, 3.05) is 42.5 Å². The second-order valence-electron chi connectivity index (χ2n) is 3.39. The van der Waals surface area contributed by atoms with Gasteiger partial charge < -0.3 is 21.7 Å². The van der Waals surface area contributed by atoms with Crippen LogP contribution in [-0.2, 0) is 0 Å². The first-order chi connectivity index (χ1) is 6.77. The molecule has 2 rings (SSSR count). The van der Waals surface area contributed by atoms with Gasteiger partial charge in [0.1, 0.15) is 5.82 Å². The molecule has 5 N–H and O–H groups in total. The number of nitrogens with zero attached hydrogens (tertiary/aromatic N) is 2. The summed E-state index contributed by atoms with van der Waals surface area (Å²) in [5.74, 6) is 1.33. The molecule has 0 saturated carbocycles. The highest BCUT2D eigenvalue weighted by Crippen LogP contribution is 2.21. The predicted molar refractivity (Wildman–Crippen MR) is 58.1 cm³/mol. The SMILES string of the molecule is Nc1ccc(N)c(N2CCNCC2)n1. The number of piperazine rings is 1. The average molecular weight is 193 g/mol. The van der Waals surface area contributed by atoms with Gasteiger partial charge in [0.05, 0.1) is 5.69 Å². The quantitative estimate of drug-likeness (QED) is 0.568. The molecule has 0 unspecified atom stereocenters. The molecule has 1 aliphatic heterocycles. The normalized spacial score (nSPS) is 17.0. The summed E-state index contributed by atoms with van der Waals surface area (Å²) in [6, 6.07) is 3.53. The second kappa shape index (κ2) is 3.71. The van der Waals surface area contributed by atoms with Crippen LogP contribution in [0.2, 0.25) is 0 Å². The van der Waals surface area contributed by atoms with Crippen LogP contribution in [0.4, 0.5) is 17.3 Å². The monoisotopic (exact) mass is 193 g/mol. The molecule has 0 aromatic carbocycles. The fourth-order valence-electron chi connectivity index (χ4n) is 1.60. The fraction of sp³-hybridized carbons (Fsp3) is 0.444. The fourth-order valence-corrected chi connectivity index (χ4v) is 1.60. The molecule has 0 radical (unpaired) electrons. The lowest BCUT2D eigenvalue weighted by Crippen LogP contribution is -2.44. The summed E-state index contributed by atoms with van der Waals surface area (Å²) in [7, 11) is 0. The zero-order valence-electron chi connectivity index (χ0n) is 8.03. The van der Waals surface area contributed by atoms with E-state index >= 15 is 0 Å². The first kappa shape index (κ1) is 9.08. The Hall–Kier alpha value is -1.49. The molecule has 1 aromatic heterocycles. The van der Waals surface area contributed by atoms with Crippen LogP contribution in [0.3, 0.4) is 0 Å². The largest absolute Gasteiger partial charge is 0.396 e. The van der Waals surface area contributed by atoms with E-state index < -0.39 is 0 Å². The Morgan fingerprint density at radius 2 is 1.93 bits per heavy atom. The molecule has 5 heteroatoms. The summed E-state index contributed by atoms with van der Waals surface area (Å²) in [5, 5.41) is 3.28. The Labute approximate surface area is 83.1 Å². The van der Waals surface area contributed by atoms with Gasteiger partial charge in [-0.1, -0.05) is 0 Å². The highest BCUT2D eigenvalue weighted by molar-refractivity contribution is 5.65. The summed E-state index contributed by atoms with van der Waals surface area (Å²) in [4.78, 5) is 6.40. The van der Waals surface area contributed by atoms with E-state index in [1.165, 1.54) is 0 Å². The first-order valence-electron chi connectivity index (χ1n) is 4.75. The van der Waals surface area contributed by atoms with E-state index in [4.69, 9.17) is 11.5 Å². The van der Waals surface area contributed by atoms with Gasteiger partial charge in [0.15, 0.2) is 5.82 Å². The van der Waals surface area contributed by atoms with E-state index in [-0.39, 0.29) is 0 Å². The van der Waals surface area contributed by atoms with Crippen molar-refractivity contribution in [2.24, 2.45) is 0 Å². The molecule has 2 heterocycles. The number of aromatic nitrogens is 1. The standard InChI is InChI=1S/C9H15N5/c10-7-1-2-8(11)13-9(7)14-5-3-12-4-6-14/h1-2,12H,3-6,10H2,(H2,11,13). The molecule has 76 valence electrons. The van der Waals surface area contributed by atoms with Crippen molar-refractivity contribution in [2.45, 2.75) is 0 Å². The summed E-state index contributed by atoms with van der Waals surface area (Å²) < 4.78 is 0. The van der Waals surface area contributed by atoms with E-state index in [1.807, 2.05) is 0 Å². The van der Waals surface area contributed by atoms with Gasteiger partial charge in [0.2, 0.25) is 0 Å². The molecule has 1 aromatic rings. The van der Waals surface area contributed by atoms with Crippen LogP contribution in [-0.4, -0.2) is 31.2 Å². The number of hydrogen-bond donors (Lipinski definition) is 3. The highest BCUT2D eigenvalue weighted by Gasteiger charge is 2.14. The molecule has 0 bridgehead atoms. The first-order valence-corrected chi connectivity index (χ1v) is 4.75. The van der Waals surface area contributed by atoms with Crippen LogP contribution in [0.15, 0.2) is 12.1 Å². The van der Waals surface area contributed by atoms with Crippen molar-refractivity contribution < 1.29 is 0 Å². The summed E-state index contributed by atoms with van der Waals surface area (Å²) in [6.07, 6.45) is 0. The highest BCUT2D eigenvalue weighted by atomic mass is 15.2. The molecule has 1 aliphatic rings. The number of hydrogen-bond acceptors (Lipinski definition) is 5. The van der Waals surface area contributed by atoms with Crippen molar-refractivity contribution in [1.29, 1.82) is 0 Å². The van der Waals surface area contributed by atoms with Crippen molar-refractivity contribution >= 4 is 17.3 Å². The number of nitrogens with two attached hydrogens (primary N) is 2. The third-order valence-corrected chi connectivity index (χ3v) is 2.34. The maximum atomic E-state index is 5.84. The van der Waals surface area contributed by atoms with Crippen LogP contribution in [0, 0.1) is 0 Å². The lowest BCUT2D eigenvalue weighted by Gasteiger charge is -2.29. The van der Waals surface area contributed by atoms with Gasteiger partial charge in [-0.25, -0.2) is 4.98 Å². The molecular weight excluding hydrogens is 178 g/mol. The van der Waals surface area contributed by atoms with Crippen LogP contribution in [0.25, 0.3) is 0 Å². The Kier molecular flexibility index (Phi) is 2.41. The zero-order valence-corrected chi connectivity index (χ0v) is 8.03. The van der Waals surface area contributed by atoms with Crippen LogP contribution >= 0.6 is 0 Å². The van der Waals surface area contributed by atoms with Gasteiger partial charge in [-0.05, 0) is 12.1 Å². The van der Waals surface area contributed by atoms with Crippen molar-refractivity contribution in [3.8, 4) is 0 Å². The van der Waals surface area contributed by atoms with Crippen LogP contribution in [0.5, 0.6) is 0 Å². The van der Waals surface area contributed by atoms with Gasteiger partial charge in [-0.3, -0.25) is 0 Å². The van der Waals surface area contributed by atoms with E-state index in [1.54, 1.807) is 12.1 Å². The molecule has 14 heavy (non-hydrogen) atoms. The molecule has 1 fully saturated rings. The molecule has 0 aliphatic carbocycles. The van der Waals surface area contributed by atoms with Crippen molar-refractivity contribution in [1.82, 2.24) is 10.3 Å². The molecular formula is C9H15N5. The number of nitrogen functional groups attached to an aromatic ring is 2. The average Bonchev–Trinajstić information content (AvgIpc) is 2.23. The number of anilines is 3. The molecule has 1 saturated heterocycles. The Morgan fingerprint density at radius 3 is 2.64 bits per heavy atom. The van der Waals surface area contributed by atoms with Gasteiger partial charge in [0, 0.05) is 26.2 Å². The summed E-state index contributed by atoms with van der Waals surface area (Å²) >= 11 is 0. The second-order valence-corrected chi connectivity index (χ2v) is 3.39.